The van der Waals surface area contributed by atoms with E-state index in [1.165, 1.54) is 0 Å². The normalized spacial score (nSPS) is 17.0. The largest absolute Gasteiger partial charge is 0.422 e. The van der Waals surface area contributed by atoms with Crippen molar-refractivity contribution in [1.82, 2.24) is 4.57 Å². The second kappa shape index (κ2) is 7.83. The first-order chi connectivity index (χ1) is 14.0. The van der Waals surface area contributed by atoms with Crippen molar-refractivity contribution >= 4 is 34.0 Å². The molecule has 29 heavy (non-hydrogen) atoms. The first kappa shape index (κ1) is 19.4. The monoisotopic (exact) mass is 393 g/mol. The van der Waals surface area contributed by atoms with Crippen LogP contribution in [-0.4, -0.2) is 43.0 Å². The van der Waals surface area contributed by atoms with Gasteiger partial charge in [0, 0.05) is 43.2 Å². The van der Waals surface area contributed by atoms with E-state index >= 15 is 0 Å². The highest BCUT2D eigenvalue weighted by molar-refractivity contribution is 5.78. The lowest BCUT2D eigenvalue weighted by Gasteiger charge is -2.25. The minimum Gasteiger partial charge on any atom is -0.394 e. The van der Waals surface area contributed by atoms with Crippen LogP contribution in [0.2, 0.25) is 0 Å². The second-order valence-corrected chi connectivity index (χ2v) is 7.87. The van der Waals surface area contributed by atoms with Gasteiger partial charge < -0.3 is 14.9 Å². The van der Waals surface area contributed by atoms with Gasteiger partial charge >= 0.3 is 5.95 Å². The number of hydrogen-bond donors (Lipinski definition) is 1. The van der Waals surface area contributed by atoms with Gasteiger partial charge in [-0.2, -0.15) is 0 Å². The van der Waals surface area contributed by atoms with Crippen LogP contribution in [0.3, 0.4) is 0 Å². The number of anilines is 2. The van der Waals surface area contributed by atoms with E-state index in [4.69, 9.17) is 0 Å². The number of fused-ring (bicyclic) bond motifs is 1. The SMILES string of the molecule is CN(C)c1ccc2c(c1)n(C)c(/N=N/c1ccc(N3CCCC3CO)cc1)[n+]2C. The van der Waals surface area contributed by atoms with Gasteiger partial charge in [-0.05, 0) is 49.2 Å². The maximum absolute atomic E-state index is 9.54. The molecule has 152 valence electrons. The van der Waals surface area contributed by atoms with Crippen LogP contribution in [0.5, 0.6) is 0 Å². The minimum absolute atomic E-state index is 0.203. The minimum atomic E-state index is 0.203. The maximum Gasteiger partial charge on any atom is 0.422 e. The fourth-order valence-electron chi connectivity index (χ4n) is 4.10. The van der Waals surface area contributed by atoms with Crippen LogP contribution in [0.25, 0.3) is 11.0 Å². The van der Waals surface area contributed by atoms with Crippen LogP contribution in [-0.2, 0) is 14.1 Å². The molecule has 1 unspecified atom stereocenters. The van der Waals surface area contributed by atoms with Crippen LogP contribution < -0.4 is 14.4 Å². The zero-order valence-corrected chi connectivity index (χ0v) is 17.6. The van der Waals surface area contributed by atoms with Gasteiger partial charge in [0.05, 0.1) is 26.7 Å². The van der Waals surface area contributed by atoms with Gasteiger partial charge in [-0.1, -0.05) is 5.11 Å². The summed E-state index contributed by atoms with van der Waals surface area (Å²) < 4.78 is 4.12. The third-order valence-corrected chi connectivity index (χ3v) is 5.82. The molecule has 1 aliphatic heterocycles. The predicted molar refractivity (Wildman–Crippen MR) is 116 cm³/mol. The van der Waals surface area contributed by atoms with Crippen molar-refractivity contribution in [3.05, 3.63) is 42.5 Å². The molecule has 2 heterocycles. The van der Waals surface area contributed by atoms with Gasteiger partial charge in [-0.15, -0.1) is 0 Å². The smallest absolute Gasteiger partial charge is 0.394 e. The zero-order chi connectivity index (χ0) is 20.5. The van der Waals surface area contributed by atoms with E-state index in [1.54, 1.807) is 0 Å². The van der Waals surface area contributed by atoms with E-state index in [-0.39, 0.29) is 12.6 Å². The van der Waals surface area contributed by atoms with E-state index in [0.29, 0.717) is 0 Å². The number of nitrogens with zero attached hydrogens (tertiary/aromatic N) is 6. The van der Waals surface area contributed by atoms with Gasteiger partial charge in [0.2, 0.25) is 0 Å². The summed E-state index contributed by atoms with van der Waals surface area (Å²) in [6.45, 7) is 1.20. The number of hydrogen-bond acceptors (Lipinski definition) is 5. The van der Waals surface area contributed by atoms with Crippen molar-refractivity contribution in [1.29, 1.82) is 0 Å². The van der Waals surface area contributed by atoms with Gasteiger partial charge in [0.1, 0.15) is 16.7 Å². The van der Waals surface area contributed by atoms with E-state index in [2.05, 4.69) is 59.5 Å². The van der Waals surface area contributed by atoms with Crippen molar-refractivity contribution in [2.75, 3.05) is 37.0 Å². The van der Waals surface area contributed by atoms with Crippen LogP contribution in [0.15, 0.2) is 52.7 Å². The lowest BCUT2D eigenvalue weighted by atomic mass is 10.2. The number of aliphatic hydroxyl groups is 1. The summed E-state index contributed by atoms with van der Waals surface area (Å²) >= 11 is 0. The molecule has 0 radical (unpaired) electrons. The molecule has 0 bridgehead atoms. The highest BCUT2D eigenvalue weighted by Gasteiger charge is 2.24. The molecular formula is C22H29N6O+. The summed E-state index contributed by atoms with van der Waals surface area (Å²) in [5.41, 5.74) is 5.33. The van der Waals surface area contributed by atoms with Crippen molar-refractivity contribution in [3.63, 3.8) is 0 Å². The van der Waals surface area contributed by atoms with Gasteiger partial charge in [0.15, 0.2) is 0 Å². The Morgan fingerprint density at radius 3 is 2.59 bits per heavy atom. The van der Waals surface area contributed by atoms with E-state index in [9.17, 15) is 5.11 Å². The average molecular weight is 394 g/mol. The number of aromatic nitrogens is 2. The second-order valence-electron chi connectivity index (χ2n) is 7.87. The lowest BCUT2D eigenvalue weighted by Crippen LogP contribution is -2.31. The van der Waals surface area contributed by atoms with Crippen molar-refractivity contribution in [2.45, 2.75) is 18.9 Å². The number of aryl methyl sites for hydroxylation is 2. The highest BCUT2D eigenvalue weighted by atomic mass is 16.3. The Morgan fingerprint density at radius 2 is 1.90 bits per heavy atom. The molecular weight excluding hydrogens is 364 g/mol. The van der Waals surface area contributed by atoms with Gasteiger partial charge in [-0.25, -0.2) is 9.13 Å². The van der Waals surface area contributed by atoms with Crippen LogP contribution >= 0.6 is 0 Å². The lowest BCUT2D eigenvalue weighted by molar-refractivity contribution is -0.632. The molecule has 0 spiro atoms. The molecule has 1 aromatic heterocycles. The maximum atomic E-state index is 9.54. The molecule has 4 rings (SSSR count). The summed E-state index contributed by atoms with van der Waals surface area (Å²) in [5.74, 6) is 0.792. The Labute approximate surface area is 171 Å². The number of aliphatic hydroxyl groups excluding tert-OH is 1. The molecule has 1 atom stereocenters. The molecule has 0 saturated carbocycles. The molecule has 1 saturated heterocycles. The number of imidazole rings is 1. The fourth-order valence-corrected chi connectivity index (χ4v) is 4.10. The van der Waals surface area contributed by atoms with E-state index in [1.807, 2.05) is 40.3 Å². The highest BCUT2D eigenvalue weighted by Crippen LogP contribution is 2.28. The number of benzene rings is 2. The Hall–Kier alpha value is -2.93. The van der Waals surface area contributed by atoms with E-state index in [0.717, 1.165) is 53.4 Å². The van der Waals surface area contributed by atoms with Crippen LogP contribution in [0.4, 0.5) is 23.0 Å². The third-order valence-electron chi connectivity index (χ3n) is 5.82. The molecule has 0 aliphatic carbocycles. The Morgan fingerprint density at radius 1 is 1.14 bits per heavy atom. The zero-order valence-electron chi connectivity index (χ0n) is 17.6. The van der Waals surface area contributed by atoms with Crippen molar-refractivity contribution < 1.29 is 9.67 Å². The molecule has 7 nitrogen and oxygen atoms in total. The molecule has 3 aromatic rings. The van der Waals surface area contributed by atoms with Gasteiger partial charge in [0.25, 0.3) is 0 Å². The third kappa shape index (κ3) is 3.58. The molecule has 1 aliphatic rings. The first-order valence-electron chi connectivity index (χ1n) is 10.0. The molecule has 1 N–H and O–H groups in total. The van der Waals surface area contributed by atoms with Crippen molar-refractivity contribution in [3.8, 4) is 0 Å². The average Bonchev–Trinajstić information content (AvgIpc) is 3.30. The first-order valence-corrected chi connectivity index (χ1v) is 10.0. The quantitative estimate of drug-likeness (QED) is 0.534. The molecule has 0 amide bonds. The molecule has 7 heteroatoms. The predicted octanol–water partition coefficient (Wildman–Crippen LogP) is 3.45. The van der Waals surface area contributed by atoms with Crippen LogP contribution in [0, 0.1) is 0 Å². The number of rotatable bonds is 5. The molecule has 1 fully saturated rings. The van der Waals surface area contributed by atoms with E-state index < -0.39 is 0 Å². The summed E-state index contributed by atoms with van der Waals surface area (Å²) in [7, 11) is 8.11. The fraction of sp³-hybridized carbons (Fsp3) is 0.409. The topological polar surface area (TPSA) is 60.2 Å². The summed E-state index contributed by atoms with van der Waals surface area (Å²) in [5, 5.41) is 18.5. The standard InChI is InChI=1S/C22H29N6O/c1-25(2)18-11-12-20-21(14-18)27(4)22(26(20)3)24-23-16-7-9-17(10-8-16)28-13-5-6-19(28)15-29/h7-12,14,19,29H,5-6,13,15H2,1-4H3/q+1. The number of azo groups is 1. The Bertz CT molecular complexity index is 1040. The Kier molecular flexibility index (Phi) is 5.24. The summed E-state index contributed by atoms with van der Waals surface area (Å²) in [4.78, 5) is 4.37. The van der Waals surface area contributed by atoms with Crippen molar-refractivity contribution in [2.24, 2.45) is 24.3 Å². The Balaban J connectivity index is 1.60. The van der Waals surface area contributed by atoms with Crippen LogP contribution in [0.1, 0.15) is 12.8 Å². The summed E-state index contributed by atoms with van der Waals surface area (Å²) in [6.07, 6.45) is 2.17. The van der Waals surface area contributed by atoms with Gasteiger partial charge in [-0.3, -0.25) is 0 Å². The summed E-state index contributed by atoms with van der Waals surface area (Å²) in [6, 6.07) is 14.7. The molecule has 2 aromatic carbocycles.